The van der Waals surface area contributed by atoms with Crippen molar-refractivity contribution >= 4 is 17.7 Å². The fraction of sp³-hybridized carbons (Fsp3) is 0.556. The molecule has 0 spiro atoms. The molecule has 2 aromatic rings. The zero-order chi connectivity index (χ0) is 20.1. The SMILES string of the molecule is CC1CCCCC1n1c(SCC(=O)NCC(F)(F)F)nnc1-c1cccnc1. The van der Waals surface area contributed by atoms with Crippen LogP contribution in [0, 0.1) is 5.92 Å². The van der Waals surface area contributed by atoms with Crippen molar-refractivity contribution < 1.29 is 18.0 Å². The van der Waals surface area contributed by atoms with Crippen LogP contribution in [0.1, 0.15) is 38.6 Å². The van der Waals surface area contributed by atoms with Gasteiger partial charge in [-0.1, -0.05) is 31.5 Å². The Kier molecular flexibility index (Phi) is 6.58. The lowest BCUT2D eigenvalue weighted by Crippen LogP contribution is -2.34. The maximum absolute atomic E-state index is 12.3. The fourth-order valence-electron chi connectivity index (χ4n) is 3.43. The number of rotatable bonds is 6. The van der Waals surface area contributed by atoms with Crippen molar-refractivity contribution in [2.24, 2.45) is 5.92 Å². The average molecular weight is 413 g/mol. The van der Waals surface area contributed by atoms with Gasteiger partial charge in [-0.2, -0.15) is 13.2 Å². The molecule has 3 rings (SSSR count). The van der Waals surface area contributed by atoms with Gasteiger partial charge in [-0.25, -0.2) is 0 Å². The van der Waals surface area contributed by atoms with Gasteiger partial charge in [0.2, 0.25) is 5.91 Å². The third kappa shape index (κ3) is 5.24. The number of alkyl halides is 3. The van der Waals surface area contributed by atoms with Gasteiger partial charge in [0.1, 0.15) is 6.54 Å². The molecule has 1 N–H and O–H groups in total. The summed E-state index contributed by atoms with van der Waals surface area (Å²) < 4.78 is 38.8. The molecule has 2 atom stereocenters. The first-order valence-electron chi connectivity index (χ1n) is 9.16. The molecule has 0 bridgehead atoms. The standard InChI is InChI=1S/C18H22F3N5OS/c1-12-5-2-3-7-14(12)26-16(13-6-4-8-22-9-13)24-25-17(26)28-10-15(27)23-11-18(19,20)21/h4,6,8-9,12,14H,2-3,5,7,10-11H2,1H3,(H,23,27). The van der Waals surface area contributed by atoms with Gasteiger partial charge in [-0.3, -0.25) is 14.3 Å². The van der Waals surface area contributed by atoms with Crippen LogP contribution in [0.2, 0.25) is 0 Å². The van der Waals surface area contributed by atoms with E-state index < -0.39 is 18.6 Å². The molecule has 2 unspecified atom stereocenters. The van der Waals surface area contributed by atoms with E-state index in [2.05, 4.69) is 22.1 Å². The predicted molar refractivity (Wildman–Crippen MR) is 99.7 cm³/mol. The maximum Gasteiger partial charge on any atom is 0.405 e. The van der Waals surface area contributed by atoms with Gasteiger partial charge in [0, 0.05) is 24.0 Å². The lowest BCUT2D eigenvalue weighted by molar-refractivity contribution is -0.136. The molecule has 0 aromatic carbocycles. The number of halogens is 3. The minimum Gasteiger partial charge on any atom is -0.346 e. The highest BCUT2D eigenvalue weighted by Crippen LogP contribution is 2.38. The van der Waals surface area contributed by atoms with Crippen LogP contribution in [0.25, 0.3) is 11.4 Å². The molecule has 1 amide bonds. The highest BCUT2D eigenvalue weighted by Gasteiger charge is 2.30. The Labute approximate surface area is 165 Å². The maximum atomic E-state index is 12.3. The van der Waals surface area contributed by atoms with E-state index in [1.54, 1.807) is 12.4 Å². The van der Waals surface area contributed by atoms with Crippen molar-refractivity contribution in [3.8, 4) is 11.4 Å². The molecule has 2 aromatic heterocycles. The van der Waals surface area contributed by atoms with E-state index >= 15 is 0 Å². The van der Waals surface area contributed by atoms with Gasteiger partial charge < -0.3 is 5.32 Å². The van der Waals surface area contributed by atoms with E-state index in [0.29, 0.717) is 16.9 Å². The largest absolute Gasteiger partial charge is 0.405 e. The van der Waals surface area contributed by atoms with E-state index in [1.807, 2.05) is 22.0 Å². The summed E-state index contributed by atoms with van der Waals surface area (Å²) in [5.74, 6) is 0.252. The molecular formula is C18H22F3N5OS. The molecule has 1 aliphatic rings. The van der Waals surface area contributed by atoms with Crippen LogP contribution in [-0.4, -0.2) is 44.1 Å². The van der Waals surface area contributed by atoms with Gasteiger partial charge in [-0.15, -0.1) is 10.2 Å². The summed E-state index contributed by atoms with van der Waals surface area (Å²) in [5, 5.41) is 11.0. The third-order valence-corrected chi connectivity index (χ3v) is 5.74. The fourth-order valence-corrected chi connectivity index (χ4v) is 4.25. The van der Waals surface area contributed by atoms with E-state index in [1.165, 1.54) is 6.42 Å². The number of nitrogens with one attached hydrogen (secondary N) is 1. The van der Waals surface area contributed by atoms with E-state index in [9.17, 15) is 18.0 Å². The first kappa shape index (κ1) is 20.6. The molecule has 0 aliphatic heterocycles. The van der Waals surface area contributed by atoms with Crippen LogP contribution >= 0.6 is 11.8 Å². The average Bonchev–Trinajstić information content (AvgIpc) is 3.09. The Morgan fingerprint density at radius 2 is 2.11 bits per heavy atom. The minimum absolute atomic E-state index is 0.150. The summed E-state index contributed by atoms with van der Waals surface area (Å²) in [6.45, 7) is 0.848. The third-order valence-electron chi connectivity index (χ3n) is 4.80. The van der Waals surface area contributed by atoms with Crippen LogP contribution in [0.4, 0.5) is 13.2 Å². The molecule has 1 saturated carbocycles. The highest BCUT2D eigenvalue weighted by molar-refractivity contribution is 7.99. The molecular weight excluding hydrogens is 391 g/mol. The molecule has 6 nitrogen and oxygen atoms in total. The summed E-state index contributed by atoms with van der Waals surface area (Å²) in [4.78, 5) is 15.9. The quantitative estimate of drug-likeness (QED) is 0.728. The normalized spacial score (nSPS) is 20.1. The lowest BCUT2D eigenvalue weighted by Gasteiger charge is -2.31. The van der Waals surface area contributed by atoms with Crippen molar-refractivity contribution in [2.75, 3.05) is 12.3 Å². The van der Waals surface area contributed by atoms with Crippen LogP contribution in [-0.2, 0) is 4.79 Å². The molecule has 0 radical (unpaired) electrons. The number of carbonyl (C=O) groups excluding carboxylic acids is 1. The van der Waals surface area contributed by atoms with E-state index in [-0.39, 0.29) is 11.8 Å². The summed E-state index contributed by atoms with van der Waals surface area (Å²) in [6, 6.07) is 3.89. The molecule has 1 fully saturated rings. The second-order valence-corrected chi connectivity index (χ2v) is 7.87. The number of aromatic nitrogens is 4. The molecule has 152 valence electrons. The Morgan fingerprint density at radius 1 is 1.32 bits per heavy atom. The van der Waals surface area contributed by atoms with Crippen molar-refractivity contribution in [1.82, 2.24) is 25.1 Å². The van der Waals surface area contributed by atoms with Gasteiger partial charge in [0.25, 0.3) is 0 Å². The number of hydrogen-bond acceptors (Lipinski definition) is 5. The monoisotopic (exact) mass is 413 g/mol. The van der Waals surface area contributed by atoms with E-state index in [0.717, 1.165) is 36.6 Å². The number of nitrogens with zero attached hydrogens (tertiary/aromatic N) is 4. The van der Waals surface area contributed by atoms with Crippen molar-refractivity contribution in [3.63, 3.8) is 0 Å². The Morgan fingerprint density at radius 3 is 2.79 bits per heavy atom. The predicted octanol–water partition coefficient (Wildman–Crippen LogP) is 3.86. The number of pyridine rings is 1. The number of carbonyl (C=O) groups is 1. The Bertz CT molecular complexity index is 796. The van der Waals surface area contributed by atoms with Crippen LogP contribution in [0.5, 0.6) is 0 Å². The molecule has 28 heavy (non-hydrogen) atoms. The van der Waals surface area contributed by atoms with Crippen LogP contribution < -0.4 is 5.32 Å². The first-order chi connectivity index (χ1) is 13.3. The van der Waals surface area contributed by atoms with Gasteiger partial charge in [0.05, 0.1) is 5.75 Å². The summed E-state index contributed by atoms with van der Waals surface area (Å²) >= 11 is 1.11. The van der Waals surface area contributed by atoms with Crippen molar-refractivity contribution in [3.05, 3.63) is 24.5 Å². The molecule has 1 aliphatic carbocycles. The van der Waals surface area contributed by atoms with Crippen molar-refractivity contribution in [2.45, 2.75) is 50.0 Å². The summed E-state index contributed by atoms with van der Waals surface area (Å²) in [6.07, 6.45) is 3.28. The smallest absolute Gasteiger partial charge is 0.346 e. The zero-order valence-corrected chi connectivity index (χ0v) is 16.3. The second-order valence-electron chi connectivity index (χ2n) is 6.93. The van der Waals surface area contributed by atoms with Gasteiger partial charge in [-0.05, 0) is 30.9 Å². The van der Waals surface area contributed by atoms with E-state index in [4.69, 9.17) is 0 Å². The van der Waals surface area contributed by atoms with Gasteiger partial charge >= 0.3 is 6.18 Å². The Hall–Kier alpha value is -2.10. The molecule has 2 heterocycles. The number of amides is 1. The number of thioether (sulfide) groups is 1. The second kappa shape index (κ2) is 8.93. The molecule has 10 heteroatoms. The zero-order valence-electron chi connectivity index (χ0n) is 15.4. The number of hydrogen-bond donors (Lipinski definition) is 1. The van der Waals surface area contributed by atoms with Crippen LogP contribution in [0.15, 0.2) is 29.7 Å². The van der Waals surface area contributed by atoms with Crippen molar-refractivity contribution in [1.29, 1.82) is 0 Å². The highest BCUT2D eigenvalue weighted by atomic mass is 32.2. The van der Waals surface area contributed by atoms with Crippen LogP contribution in [0.3, 0.4) is 0 Å². The first-order valence-corrected chi connectivity index (χ1v) is 10.2. The summed E-state index contributed by atoms with van der Waals surface area (Å²) in [5.41, 5.74) is 0.821. The Balaban J connectivity index is 1.81. The lowest BCUT2D eigenvalue weighted by atomic mass is 9.85. The summed E-state index contributed by atoms with van der Waals surface area (Å²) in [7, 11) is 0. The van der Waals surface area contributed by atoms with Gasteiger partial charge in [0.15, 0.2) is 11.0 Å². The molecule has 0 saturated heterocycles. The topological polar surface area (TPSA) is 72.7 Å². The minimum atomic E-state index is -4.43.